The molecule has 2 amide bonds. The van der Waals surface area contributed by atoms with Crippen LogP contribution >= 0.6 is 11.6 Å². The summed E-state index contributed by atoms with van der Waals surface area (Å²) in [6.45, 7) is 5.79. The number of hydrazone groups is 1. The van der Waals surface area contributed by atoms with Gasteiger partial charge in [0.2, 0.25) is 0 Å². The van der Waals surface area contributed by atoms with Gasteiger partial charge in [-0.3, -0.25) is 9.59 Å². The highest BCUT2D eigenvalue weighted by atomic mass is 35.5. The molecule has 0 unspecified atom stereocenters. The van der Waals surface area contributed by atoms with Crippen LogP contribution in [0.15, 0.2) is 59.7 Å². The molecule has 0 fully saturated rings. The first-order valence-electron chi connectivity index (χ1n) is 11.2. The van der Waals surface area contributed by atoms with E-state index in [1.54, 1.807) is 36.4 Å². The Kier molecular flexibility index (Phi) is 9.30. The minimum absolute atomic E-state index is 0.237. The summed E-state index contributed by atoms with van der Waals surface area (Å²) in [6, 6.07) is 15.8. The largest absolute Gasteiger partial charge is 0.497 e. The Labute approximate surface area is 215 Å². The van der Waals surface area contributed by atoms with Gasteiger partial charge in [-0.2, -0.15) is 5.10 Å². The van der Waals surface area contributed by atoms with Crippen molar-refractivity contribution < 1.29 is 23.8 Å². The number of amides is 2. The number of benzene rings is 3. The van der Waals surface area contributed by atoms with Gasteiger partial charge in [-0.05, 0) is 73.9 Å². The zero-order chi connectivity index (χ0) is 26.1. The Hall–Kier alpha value is -4.04. The molecule has 0 aliphatic rings. The second kappa shape index (κ2) is 12.6. The Bertz CT molecular complexity index is 1280. The molecule has 0 saturated carbocycles. The van der Waals surface area contributed by atoms with E-state index in [9.17, 15) is 9.59 Å². The van der Waals surface area contributed by atoms with E-state index in [0.717, 1.165) is 16.8 Å². The predicted molar refractivity (Wildman–Crippen MR) is 141 cm³/mol. The summed E-state index contributed by atoms with van der Waals surface area (Å²) in [4.78, 5) is 24.8. The van der Waals surface area contributed by atoms with Crippen LogP contribution in [0.2, 0.25) is 5.02 Å². The fourth-order valence-corrected chi connectivity index (χ4v) is 3.53. The number of rotatable bonds is 10. The maximum atomic E-state index is 12.5. The number of nitrogens with zero attached hydrogens (tertiary/aromatic N) is 1. The smallest absolute Gasteiger partial charge is 0.271 e. The maximum Gasteiger partial charge on any atom is 0.271 e. The zero-order valence-corrected chi connectivity index (χ0v) is 21.3. The Morgan fingerprint density at radius 2 is 1.86 bits per heavy atom. The van der Waals surface area contributed by atoms with E-state index in [2.05, 4.69) is 15.8 Å². The highest BCUT2D eigenvalue weighted by Crippen LogP contribution is 2.36. The van der Waals surface area contributed by atoms with Gasteiger partial charge in [0.25, 0.3) is 11.8 Å². The van der Waals surface area contributed by atoms with E-state index in [1.807, 2.05) is 39.0 Å². The number of carbonyl (C=O) groups is 2. The first kappa shape index (κ1) is 26.6. The van der Waals surface area contributed by atoms with Crippen molar-refractivity contribution in [1.29, 1.82) is 0 Å². The molecule has 0 bridgehead atoms. The Balaban J connectivity index is 1.67. The monoisotopic (exact) mass is 509 g/mol. The van der Waals surface area contributed by atoms with Gasteiger partial charge in [-0.15, -0.1) is 0 Å². The number of nitrogens with one attached hydrogen (secondary N) is 2. The van der Waals surface area contributed by atoms with Crippen LogP contribution in [0.3, 0.4) is 0 Å². The lowest BCUT2D eigenvalue weighted by molar-refractivity contribution is -0.118. The number of aryl methyl sites for hydroxylation is 2. The SMILES string of the molecule is CCOc1cc(/C=N/NC(=O)c2cccc(OC)c2)cc(Cl)c1OCC(=O)Nc1cc(C)ccc1C. The first-order chi connectivity index (χ1) is 17.3. The first-order valence-corrected chi connectivity index (χ1v) is 11.6. The van der Waals surface area contributed by atoms with Crippen molar-refractivity contribution in [3.63, 3.8) is 0 Å². The van der Waals surface area contributed by atoms with Gasteiger partial charge in [0, 0.05) is 11.3 Å². The number of carbonyl (C=O) groups excluding carboxylic acids is 2. The number of hydrogen-bond acceptors (Lipinski definition) is 6. The zero-order valence-electron chi connectivity index (χ0n) is 20.6. The fourth-order valence-electron chi connectivity index (χ4n) is 3.25. The maximum absolute atomic E-state index is 12.5. The molecule has 0 aliphatic carbocycles. The van der Waals surface area contributed by atoms with E-state index >= 15 is 0 Å². The van der Waals surface area contributed by atoms with Crippen LogP contribution in [0.1, 0.15) is 34.0 Å². The normalized spacial score (nSPS) is 10.7. The summed E-state index contributed by atoms with van der Waals surface area (Å²) < 4.78 is 16.5. The molecular formula is C27H28ClN3O5. The van der Waals surface area contributed by atoms with Gasteiger partial charge in [-0.25, -0.2) is 5.43 Å². The van der Waals surface area contributed by atoms with Gasteiger partial charge in [0.05, 0.1) is 25.0 Å². The molecule has 0 atom stereocenters. The lowest BCUT2D eigenvalue weighted by Crippen LogP contribution is -2.21. The average Bonchev–Trinajstić information content (AvgIpc) is 2.86. The summed E-state index contributed by atoms with van der Waals surface area (Å²) >= 11 is 6.43. The quantitative estimate of drug-likeness (QED) is 0.291. The molecular weight excluding hydrogens is 482 g/mol. The Morgan fingerprint density at radius 3 is 2.61 bits per heavy atom. The number of methoxy groups -OCH3 is 1. The van der Waals surface area contributed by atoms with E-state index in [0.29, 0.717) is 29.2 Å². The van der Waals surface area contributed by atoms with Crippen molar-refractivity contribution in [3.05, 3.63) is 81.9 Å². The molecule has 0 aliphatic heterocycles. The molecule has 0 aromatic heterocycles. The summed E-state index contributed by atoms with van der Waals surface area (Å²) in [5.41, 5.74) is 6.15. The summed E-state index contributed by atoms with van der Waals surface area (Å²) in [6.07, 6.45) is 1.43. The van der Waals surface area contributed by atoms with Crippen LogP contribution in [0.25, 0.3) is 0 Å². The molecule has 8 nitrogen and oxygen atoms in total. The second-order valence-electron chi connectivity index (χ2n) is 7.85. The second-order valence-corrected chi connectivity index (χ2v) is 8.26. The number of hydrogen-bond donors (Lipinski definition) is 2. The van der Waals surface area contributed by atoms with Crippen LogP contribution in [-0.4, -0.2) is 38.4 Å². The molecule has 3 aromatic rings. The van der Waals surface area contributed by atoms with Crippen molar-refractivity contribution in [3.8, 4) is 17.2 Å². The molecule has 0 heterocycles. The van der Waals surface area contributed by atoms with Crippen LogP contribution in [-0.2, 0) is 4.79 Å². The molecule has 3 rings (SSSR count). The van der Waals surface area contributed by atoms with Gasteiger partial charge in [0.1, 0.15) is 5.75 Å². The van der Waals surface area contributed by atoms with Gasteiger partial charge in [-0.1, -0.05) is 29.8 Å². The predicted octanol–water partition coefficient (Wildman–Crippen LogP) is 5.15. The molecule has 188 valence electrons. The third kappa shape index (κ3) is 7.23. The fraction of sp³-hybridized carbons (Fsp3) is 0.222. The van der Waals surface area contributed by atoms with E-state index in [-0.39, 0.29) is 23.3 Å². The van der Waals surface area contributed by atoms with Gasteiger partial charge in [0.15, 0.2) is 18.1 Å². The van der Waals surface area contributed by atoms with Crippen molar-refractivity contribution in [2.75, 3.05) is 25.6 Å². The van der Waals surface area contributed by atoms with Crippen molar-refractivity contribution in [2.24, 2.45) is 5.10 Å². The van der Waals surface area contributed by atoms with E-state index < -0.39 is 5.91 Å². The Morgan fingerprint density at radius 1 is 1.06 bits per heavy atom. The average molecular weight is 510 g/mol. The van der Waals surface area contributed by atoms with E-state index in [1.165, 1.54) is 13.3 Å². The minimum atomic E-state index is -0.393. The topological polar surface area (TPSA) is 98.2 Å². The van der Waals surface area contributed by atoms with Crippen molar-refractivity contribution in [1.82, 2.24) is 5.43 Å². The molecule has 36 heavy (non-hydrogen) atoms. The van der Waals surface area contributed by atoms with Crippen LogP contribution < -0.4 is 25.0 Å². The standard InChI is InChI=1S/C27H28ClN3O5/c1-5-35-24-13-19(15-29-31-27(33)20-7-6-8-21(14-20)34-4)12-22(28)26(24)36-16-25(32)30-23-11-17(2)9-10-18(23)3/h6-15H,5,16H2,1-4H3,(H,30,32)(H,31,33)/b29-15+. The van der Waals surface area contributed by atoms with Gasteiger partial charge >= 0.3 is 0 Å². The third-order valence-corrected chi connectivity index (χ3v) is 5.34. The van der Waals surface area contributed by atoms with Gasteiger partial charge < -0.3 is 19.5 Å². The van der Waals surface area contributed by atoms with Crippen LogP contribution in [0.4, 0.5) is 5.69 Å². The van der Waals surface area contributed by atoms with Crippen molar-refractivity contribution >= 4 is 35.3 Å². The third-order valence-electron chi connectivity index (χ3n) is 5.06. The van der Waals surface area contributed by atoms with E-state index in [4.69, 9.17) is 25.8 Å². The molecule has 9 heteroatoms. The number of ether oxygens (including phenoxy) is 3. The highest BCUT2D eigenvalue weighted by molar-refractivity contribution is 6.32. The van der Waals surface area contributed by atoms with Crippen LogP contribution in [0.5, 0.6) is 17.2 Å². The molecule has 0 spiro atoms. The lowest BCUT2D eigenvalue weighted by Gasteiger charge is -2.15. The highest BCUT2D eigenvalue weighted by Gasteiger charge is 2.15. The van der Waals surface area contributed by atoms with Crippen LogP contribution in [0, 0.1) is 13.8 Å². The number of halogens is 1. The molecule has 0 saturated heterocycles. The summed E-state index contributed by atoms with van der Waals surface area (Å²) in [5.74, 6) is 0.444. The van der Waals surface area contributed by atoms with Crippen molar-refractivity contribution in [2.45, 2.75) is 20.8 Å². The summed E-state index contributed by atoms with van der Waals surface area (Å²) in [5, 5.41) is 7.08. The molecule has 0 radical (unpaired) electrons. The lowest BCUT2D eigenvalue weighted by atomic mass is 10.1. The molecule has 2 N–H and O–H groups in total. The molecule has 3 aromatic carbocycles. The minimum Gasteiger partial charge on any atom is -0.497 e. The summed E-state index contributed by atoms with van der Waals surface area (Å²) in [7, 11) is 1.53. The number of anilines is 1.